The zero-order valence-corrected chi connectivity index (χ0v) is 14.3. The normalized spacial score (nSPS) is 15.2. The molecule has 1 N–H and O–H groups in total. The lowest BCUT2D eigenvalue weighted by Crippen LogP contribution is -2.23. The Hall–Kier alpha value is -1.59. The van der Waals surface area contributed by atoms with Gasteiger partial charge < -0.3 is 5.32 Å². The summed E-state index contributed by atoms with van der Waals surface area (Å²) in [5, 5.41) is 3.39. The molecule has 0 radical (unpaired) electrons. The number of benzene rings is 2. The fraction of sp³-hybridized carbons (Fsp3) is 0.333. The van der Waals surface area contributed by atoms with Crippen LogP contribution in [-0.2, 0) is 10.8 Å². The van der Waals surface area contributed by atoms with E-state index < -0.39 is 22.4 Å². The van der Waals surface area contributed by atoms with Crippen molar-refractivity contribution in [2.24, 2.45) is 0 Å². The summed E-state index contributed by atoms with van der Waals surface area (Å²) in [6.07, 6.45) is 1.65. The van der Waals surface area contributed by atoms with Gasteiger partial charge in [0.1, 0.15) is 0 Å². The molecule has 5 heteroatoms. The Morgan fingerprint density at radius 3 is 2.17 bits per heavy atom. The molecular weight excluding hydrogens is 316 g/mol. The van der Waals surface area contributed by atoms with Gasteiger partial charge in [0.25, 0.3) is 0 Å². The van der Waals surface area contributed by atoms with Crippen molar-refractivity contribution in [3.63, 3.8) is 0 Å². The van der Waals surface area contributed by atoms with Crippen LogP contribution in [0.5, 0.6) is 0 Å². The number of halogens is 2. The van der Waals surface area contributed by atoms with Gasteiger partial charge in [-0.3, -0.25) is 4.21 Å². The molecule has 0 spiro atoms. The summed E-state index contributed by atoms with van der Waals surface area (Å²) in [6, 6.07) is 11.8. The molecule has 2 rings (SSSR count). The van der Waals surface area contributed by atoms with Crippen LogP contribution < -0.4 is 5.32 Å². The van der Waals surface area contributed by atoms with E-state index in [2.05, 4.69) is 5.32 Å². The zero-order chi connectivity index (χ0) is 17.0. The van der Waals surface area contributed by atoms with Gasteiger partial charge >= 0.3 is 0 Å². The summed E-state index contributed by atoms with van der Waals surface area (Å²) in [6.45, 7) is 4.65. The fourth-order valence-electron chi connectivity index (χ4n) is 2.36. The molecule has 0 aliphatic heterocycles. The van der Waals surface area contributed by atoms with Gasteiger partial charge in [-0.25, -0.2) is 8.78 Å². The SMILES string of the molecule is C[C@H](CN[C@H](C)c1ccc([S@](C)=O)cc1)c1ccc(F)c(F)c1. The van der Waals surface area contributed by atoms with Crippen LogP contribution in [0.4, 0.5) is 8.78 Å². The zero-order valence-electron chi connectivity index (χ0n) is 13.5. The second kappa shape index (κ2) is 7.79. The number of hydrogen-bond acceptors (Lipinski definition) is 2. The lowest BCUT2D eigenvalue weighted by Gasteiger charge is -2.19. The molecule has 0 saturated heterocycles. The van der Waals surface area contributed by atoms with Crippen LogP contribution in [0, 0.1) is 11.6 Å². The Labute approximate surface area is 138 Å². The van der Waals surface area contributed by atoms with E-state index in [1.165, 1.54) is 6.07 Å². The molecule has 2 nitrogen and oxygen atoms in total. The van der Waals surface area contributed by atoms with Crippen molar-refractivity contribution < 1.29 is 13.0 Å². The quantitative estimate of drug-likeness (QED) is 0.858. The van der Waals surface area contributed by atoms with Crippen LogP contribution in [0.15, 0.2) is 47.4 Å². The highest BCUT2D eigenvalue weighted by Gasteiger charge is 2.12. The van der Waals surface area contributed by atoms with Crippen molar-refractivity contribution in [3.05, 3.63) is 65.2 Å². The number of hydrogen-bond donors (Lipinski definition) is 1. The van der Waals surface area contributed by atoms with Gasteiger partial charge in [0.05, 0.1) is 0 Å². The van der Waals surface area contributed by atoms with E-state index in [1.807, 2.05) is 38.1 Å². The Morgan fingerprint density at radius 2 is 1.61 bits per heavy atom. The van der Waals surface area contributed by atoms with Crippen molar-refractivity contribution in [3.8, 4) is 0 Å². The summed E-state index contributed by atoms with van der Waals surface area (Å²) in [4.78, 5) is 0.802. The van der Waals surface area contributed by atoms with Gasteiger partial charge in [0, 0.05) is 34.5 Å². The van der Waals surface area contributed by atoms with Gasteiger partial charge in [0.15, 0.2) is 11.6 Å². The summed E-state index contributed by atoms with van der Waals surface area (Å²) < 4.78 is 37.6. The summed E-state index contributed by atoms with van der Waals surface area (Å²) >= 11 is 0. The van der Waals surface area contributed by atoms with Crippen LogP contribution in [-0.4, -0.2) is 17.0 Å². The Kier molecular flexibility index (Phi) is 6.02. The average molecular weight is 337 g/mol. The van der Waals surface area contributed by atoms with Crippen LogP contribution in [0.3, 0.4) is 0 Å². The highest BCUT2D eigenvalue weighted by Crippen LogP contribution is 2.20. The molecule has 0 aliphatic rings. The molecule has 0 amide bonds. The third-order valence-electron chi connectivity index (χ3n) is 3.95. The first-order valence-corrected chi connectivity index (χ1v) is 9.06. The first-order chi connectivity index (χ1) is 10.9. The lowest BCUT2D eigenvalue weighted by molar-refractivity contribution is 0.500. The van der Waals surface area contributed by atoms with Crippen molar-refractivity contribution in [1.82, 2.24) is 5.32 Å². The largest absolute Gasteiger partial charge is 0.310 e. The molecule has 0 aromatic heterocycles. The minimum atomic E-state index is -0.977. The lowest BCUT2D eigenvalue weighted by atomic mass is 10.00. The van der Waals surface area contributed by atoms with E-state index in [1.54, 1.807) is 12.3 Å². The molecule has 2 aromatic carbocycles. The standard InChI is InChI=1S/C18H21F2NOS/c1-12(15-6-9-17(19)18(20)10-15)11-21-13(2)14-4-7-16(8-5-14)23(3)22/h4-10,12-13,21H,11H2,1-3H3/t12-,13-,23+/m1/s1. The third kappa shape index (κ3) is 4.69. The Bertz CT molecular complexity index is 688. The van der Waals surface area contributed by atoms with Crippen LogP contribution >= 0.6 is 0 Å². The fourth-order valence-corrected chi connectivity index (χ4v) is 2.88. The van der Waals surface area contributed by atoms with Crippen molar-refractivity contribution in [2.45, 2.75) is 30.7 Å². The predicted octanol–water partition coefficient (Wildman–Crippen LogP) is 4.16. The van der Waals surface area contributed by atoms with Crippen molar-refractivity contribution in [2.75, 3.05) is 12.8 Å². The second-order valence-electron chi connectivity index (χ2n) is 5.73. The maximum absolute atomic E-state index is 13.3. The number of rotatable bonds is 6. The molecule has 0 aliphatic carbocycles. The molecule has 23 heavy (non-hydrogen) atoms. The predicted molar refractivity (Wildman–Crippen MR) is 90.0 cm³/mol. The Morgan fingerprint density at radius 1 is 1.00 bits per heavy atom. The molecule has 0 heterocycles. The van der Waals surface area contributed by atoms with Gasteiger partial charge in [-0.05, 0) is 48.2 Å². The molecule has 0 bridgehead atoms. The first-order valence-electron chi connectivity index (χ1n) is 7.50. The van der Waals surface area contributed by atoms with E-state index in [9.17, 15) is 13.0 Å². The van der Waals surface area contributed by atoms with Crippen LogP contribution in [0.1, 0.15) is 36.9 Å². The maximum atomic E-state index is 13.3. The summed E-state index contributed by atoms with van der Waals surface area (Å²) in [5.74, 6) is -1.57. The van der Waals surface area contributed by atoms with Gasteiger partial charge in [-0.2, -0.15) is 0 Å². The van der Waals surface area contributed by atoms with Crippen molar-refractivity contribution >= 4 is 10.8 Å². The first kappa shape index (κ1) is 17.8. The van der Waals surface area contributed by atoms with Gasteiger partial charge in [0.2, 0.25) is 0 Å². The third-order valence-corrected chi connectivity index (χ3v) is 4.89. The Balaban J connectivity index is 1.96. The van der Waals surface area contributed by atoms with E-state index >= 15 is 0 Å². The molecule has 0 fully saturated rings. The maximum Gasteiger partial charge on any atom is 0.159 e. The highest BCUT2D eigenvalue weighted by atomic mass is 32.2. The van der Waals surface area contributed by atoms with Crippen LogP contribution in [0.25, 0.3) is 0 Å². The molecule has 124 valence electrons. The van der Waals surface area contributed by atoms with Gasteiger partial charge in [-0.1, -0.05) is 25.1 Å². The summed E-state index contributed by atoms with van der Waals surface area (Å²) in [7, 11) is -0.977. The van der Waals surface area contributed by atoms with Crippen LogP contribution in [0.2, 0.25) is 0 Å². The minimum absolute atomic E-state index is 0.0648. The molecule has 2 aromatic rings. The number of nitrogens with one attached hydrogen (secondary N) is 1. The summed E-state index contributed by atoms with van der Waals surface area (Å²) in [5.41, 5.74) is 1.86. The van der Waals surface area contributed by atoms with Crippen molar-refractivity contribution in [1.29, 1.82) is 0 Å². The minimum Gasteiger partial charge on any atom is -0.310 e. The van der Waals surface area contributed by atoms with E-state index in [0.717, 1.165) is 22.1 Å². The smallest absolute Gasteiger partial charge is 0.159 e. The monoisotopic (exact) mass is 337 g/mol. The van der Waals surface area contributed by atoms with E-state index in [-0.39, 0.29) is 12.0 Å². The highest BCUT2D eigenvalue weighted by molar-refractivity contribution is 7.84. The molecule has 0 saturated carbocycles. The van der Waals surface area contributed by atoms with E-state index in [4.69, 9.17) is 0 Å². The molecule has 3 atom stereocenters. The van der Waals surface area contributed by atoms with Gasteiger partial charge in [-0.15, -0.1) is 0 Å². The average Bonchev–Trinajstić information content (AvgIpc) is 2.54. The topological polar surface area (TPSA) is 29.1 Å². The molecular formula is C18H21F2NOS. The second-order valence-corrected chi connectivity index (χ2v) is 7.11. The molecule has 0 unspecified atom stereocenters. The van der Waals surface area contributed by atoms with E-state index in [0.29, 0.717) is 6.54 Å².